The fourth-order valence-electron chi connectivity index (χ4n) is 2.00. The fraction of sp³-hybridized carbons (Fsp3) is 0.250. The number of alkyl halides is 1. The average Bonchev–Trinajstić information content (AvgIpc) is 2.41. The predicted molar refractivity (Wildman–Crippen MR) is 89.2 cm³/mol. The quantitative estimate of drug-likeness (QED) is 0.510. The molecule has 0 N–H and O–H groups in total. The largest absolute Gasteiger partial charge is 0.494 e. The van der Waals surface area contributed by atoms with Crippen LogP contribution in [0.3, 0.4) is 0 Å². The monoisotopic (exact) mass is 386 g/mol. The maximum Gasteiger partial charge on any atom is 0.124 e. The van der Waals surface area contributed by atoms with E-state index in [0.29, 0.717) is 6.61 Å². The van der Waals surface area contributed by atoms with Gasteiger partial charge in [-0.15, -0.1) is 11.6 Å². The zero-order valence-corrected chi connectivity index (χ0v) is 13.9. The van der Waals surface area contributed by atoms with Gasteiger partial charge in [-0.1, -0.05) is 35.9 Å². The molecule has 1 atom stereocenters. The third kappa shape index (κ3) is 3.42. The third-order valence-corrected chi connectivity index (χ3v) is 4.37. The topological polar surface area (TPSA) is 9.23 Å². The van der Waals surface area contributed by atoms with E-state index >= 15 is 0 Å². The number of hydrogen-bond acceptors (Lipinski definition) is 1. The summed E-state index contributed by atoms with van der Waals surface area (Å²) in [6.45, 7) is 4.70. The minimum Gasteiger partial charge on any atom is -0.494 e. The van der Waals surface area contributed by atoms with E-state index in [9.17, 15) is 0 Å². The van der Waals surface area contributed by atoms with E-state index in [0.717, 1.165) is 16.9 Å². The first-order valence-electron chi connectivity index (χ1n) is 6.25. The zero-order valence-electron chi connectivity index (χ0n) is 11.0. The van der Waals surface area contributed by atoms with Crippen molar-refractivity contribution in [3.05, 3.63) is 62.7 Å². The maximum absolute atomic E-state index is 6.66. The summed E-state index contributed by atoms with van der Waals surface area (Å²) in [6, 6.07) is 14.3. The van der Waals surface area contributed by atoms with E-state index in [1.807, 2.05) is 31.2 Å². The van der Waals surface area contributed by atoms with Crippen LogP contribution >= 0.6 is 34.2 Å². The van der Waals surface area contributed by atoms with Gasteiger partial charge in [0.25, 0.3) is 0 Å². The van der Waals surface area contributed by atoms with Gasteiger partial charge in [-0.2, -0.15) is 0 Å². The van der Waals surface area contributed by atoms with Crippen molar-refractivity contribution in [3.8, 4) is 5.75 Å². The molecular weight excluding hydrogens is 371 g/mol. The summed E-state index contributed by atoms with van der Waals surface area (Å²) in [4.78, 5) is 0. The average molecular weight is 387 g/mol. The van der Waals surface area contributed by atoms with Gasteiger partial charge in [-0.3, -0.25) is 0 Å². The number of halogens is 2. The highest BCUT2D eigenvalue weighted by atomic mass is 127. The fourth-order valence-corrected chi connectivity index (χ4v) is 3.24. The van der Waals surface area contributed by atoms with E-state index in [1.165, 1.54) is 9.13 Å². The molecule has 0 aliphatic rings. The Bertz CT molecular complexity index is 568. The van der Waals surface area contributed by atoms with Crippen LogP contribution in [0.1, 0.15) is 29.0 Å². The molecule has 1 nitrogen and oxygen atoms in total. The molecular formula is C16H16ClIO. The minimum atomic E-state index is -0.186. The molecule has 1 unspecified atom stereocenters. The molecule has 0 aliphatic heterocycles. The van der Waals surface area contributed by atoms with Crippen LogP contribution in [0.4, 0.5) is 0 Å². The van der Waals surface area contributed by atoms with Crippen molar-refractivity contribution in [1.82, 2.24) is 0 Å². The summed E-state index contributed by atoms with van der Waals surface area (Å²) in [5.41, 5.74) is 3.35. The van der Waals surface area contributed by atoms with Crippen molar-refractivity contribution in [1.29, 1.82) is 0 Å². The molecule has 2 aromatic rings. The van der Waals surface area contributed by atoms with Crippen LogP contribution in [0.5, 0.6) is 5.75 Å². The Morgan fingerprint density at radius 3 is 2.58 bits per heavy atom. The molecule has 2 rings (SSSR count). The van der Waals surface area contributed by atoms with Crippen molar-refractivity contribution in [2.75, 3.05) is 6.61 Å². The lowest BCUT2D eigenvalue weighted by atomic mass is 10.0. The van der Waals surface area contributed by atoms with Crippen LogP contribution in [0.15, 0.2) is 42.5 Å². The minimum absolute atomic E-state index is 0.186. The highest BCUT2D eigenvalue weighted by molar-refractivity contribution is 14.1. The van der Waals surface area contributed by atoms with Crippen molar-refractivity contribution < 1.29 is 4.74 Å². The molecule has 2 aromatic carbocycles. The molecule has 100 valence electrons. The van der Waals surface area contributed by atoms with Gasteiger partial charge >= 0.3 is 0 Å². The number of benzene rings is 2. The van der Waals surface area contributed by atoms with Gasteiger partial charge in [-0.25, -0.2) is 0 Å². The first-order valence-corrected chi connectivity index (χ1v) is 7.77. The molecule has 0 saturated carbocycles. The Labute approximate surface area is 133 Å². The van der Waals surface area contributed by atoms with Crippen LogP contribution in [-0.2, 0) is 0 Å². The number of ether oxygens (including phenoxy) is 1. The Balaban J connectivity index is 2.45. The lowest BCUT2D eigenvalue weighted by molar-refractivity contribution is 0.337. The highest BCUT2D eigenvalue weighted by Crippen LogP contribution is 2.37. The van der Waals surface area contributed by atoms with Gasteiger partial charge < -0.3 is 4.74 Å². The molecule has 0 heterocycles. The maximum atomic E-state index is 6.66. The van der Waals surface area contributed by atoms with Gasteiger partial charge in [0.1, 0.15) is 5.75 Å². The second-order valence-corrected chi connectivity index (χ2v) is 5.96. The SMILES string of the molecule is CCOc1ccc(C)cc1C(Cl)c1ccccc1I. The van der Waals surface area contributed by atoms with Crippen LogP contribution in [-0.4, -0.2) is 6.61 Å². The van der Waals surface area contributed by atoms with E-state index in [-0.39, 0.29) is 5.38 Å². The Kier molecular flexibility index (Phi) is 5.11. The summed E-state index contributed by atoms with van der Waals surface area (Å²) < 4.78 is 6.86. The molecule has 19 heavy (non-hydrogen) atoms. The summed E-state index contributed by atoms with van der Waals surface area (Å²) >= 11 is 8.98. The van der Waals surface area contributed by atoms with Crippen LogP contribution in [0.25, 0.3) is 0 Å². The summed E-state index contributed by atoms with van der Waals surface area (Å²) in [7, 11) is 0. The van der Waals surface area contributed by atoms with Crippen molar-refractivity contribution in [2.24, 2.45) is 0 Å². The molecule has 0 saturated heterocycles. The van der Waals surface area contributed by atoms with Crippen molar-refractivity contribution in [2.45, 2.75) is 19.2 Å². The lowest BCUT2D eigenvalue weighted by Crippen LogP contribution is -2.02. The van der Waals surface area contributed by atoms with Gasteiger partial charge in [0.2, 0.25) is 0 Å². The Morgan fingerprint density at radius 2 is 1.89 bits per heavy atom. The molecule has 0 fully saturated rings. The smallest absolute Gasteiger partial charge is 0.124 e. The molecule has 0 bridgehead atoms. The second kappa shape index (κ2) is 6.62. The molecule has 0 amide bonds. The normalized spacial score (nSPS) is 12.2. The molecule has 0 aliphatic carbocycles. The van der Waals surface area contributed by atoms with Gasteiger partial charge in [0, 0.05) is 9.13 Å². The number of aryl methyl sites for hydroxylation is 1. The second-order valence-electron chi connectivity index (χ2n) is 4.36. The first kappa shape index (κ1) is 14.7. The predicted octanol–water partition coefficient (Wildman–Crippen LogP) is 5.33. The van der Waals surface area contributed by atoms with Crippen LogP contribution in [0.2, 0.25) is 0 Å². The lowest BCUT2D eigenvalue weighted by Gasteiger charge is -2.17. The number of rotatable bonds is 4. The van der Waals surface area contributed by atoms with E-state index in [2.05, 4.69) is 47.7 Å². The van der Waals surface area contributed by atoms with Gasteiger partial charge in [-0.05, 0) is 54.1 Å². The van der Waals surface area contributed by atoms with Crippen LogP contribution in [0, 0.1) is 10.5 Å². The first-order chi connectivity index (χ1) is 9.13. The van der Waals surface area contributed by atoms with Crippen molar-refractivity contribution in [3.63, 3.8) is 0 Å². The summed E-state index contributed by atoms with van der Waals surface area (Å²) in [6.07, 6.45) is 0. The van der Waals surface area contributed by atoms with E-state index < -0.39 is 0 Å². The molecule has 3 heteroatoms. The number of hydrogen-bond donors (Lipinski definition) is 0. The third-order valence-electron chi connectivity index (χ3n) is 2.92. The summed E-state index contributed by atoms with van der Waals surface area (Å²) in [5.74, 6) is 0.868. The molecule has 0 radical (unpaired) electrons. The summed E-state index contributed by atoms with van der Waals surface area (Å²) in [5, 5.41) is -0.186. The van der Waals surface area contributed by atoms with E-state index in [4.69, 9.17) is 16.3 Å². The van der Waals surface area contributed by atoms with E-state index in [1.54, 1.807) is 0 Å². The molecule has 0 spiro atoms. The zero-order chi connectivity index (χ0) is 13.8. The highest BCUT2D eigenvalue weighted by Gasteiger charge is 2.18. The van der Waals surface area contributed by atoms with Crippen molar-refractivity contribution >= 4 is 34.2 Å². The molecule has 0 aromatic heterocycles. The van der Waals surface area contributed by atoms with Gasteiger partial charge in [0.15, 0.2) is 0 Å². The Hall–Kier alpha value is -0.740. The standard InChI is InChI=1S/C16H16ClIO/c1-3-19-15-9-8-11(2)10-13(15)16(17)12-6-4-5-7-14(12)18/h4-10,16H,3H2,1-2H3. The van der Waals surface area contributed by atoms with Gasteiger partial charge in [0.05, 0.1) is 12.0 Å². The Morgan fingerprint density at radius 1 is 1.16 bits per heavy atom. The van der Waals surface area contributed by atoms with Crippen LogP contribution < -0.4 is 4.74 Å².